The molecule has 0 spiro atoms. The van der Waals surface area contributed by atoms with Crippen molar-refractivity contribution in [1.29, 1.82) is 0 Å². The number of anilines is 6. The van der Waals surface area contributed by atoms with Crippen LogP contribution in [0.1, 0.15) is 22.3 Å². The molecule has 0 radical (unpaired) electrons. The van der Waals surface area contributed by atoms with Gasteiger partial charge in [-0.05, 0) is 147 Å². The summed E-state index contributed by atoms with van der Waals surface area (Å²) in [5, 5.41) is 0. The van der Waals surface area contributed by atoms with E-state index < -0.39 is 0 Å². The monoisotopic (exact) mass is 1210 g/mol. The van der Waals surface area contributed by atoms with Gasteiger partial charge in [0.25, 0.3) is 6.71 Å². The van der Waals surface area contributed by atoms with Crippen LogP contribution in [0.25, 0.3) is 90.6 Å². The molecule has 8 nitrogen and oxygen atoms in total. The summed E-state index contributed by atoms with van der Waals surface area (Å²) in [5.41, 5.74) is 25.3. The van der Waals surface area contributed by atoms with Gasteiger partial charge in [-0.15, -0.1) is 0 Å². The zero-order chi connectivity index (χ0) is 63.0. The lowest BCUT2D eigenvalue weighted by Gasteiger charge is -2.45. The second-order valence-corrected chi connectivity index (χ2v) is 24.2. The molecule has 0 saturated heterocycles. The minimum absolute atomic E-state index is 0.188. The highest BCUT2D eigenvalue weighted by Gasteiger charge is 2.44. The molecule has 0 unspecified atom stereocenters. The molecule has 446 valence electrons. The molecule has 2 aromatic heterocycles. The van der Waals surface area contributed by atoms with Crippen LogP contribution in [0.4, 0.5) is 34.1 Å². The van der Waals surface area contributed by atoms with Gasteiger partial charge in [0.2, 0.25) is 0 Å². The van der Waals surface area contributed by atoms with E-state index in [-0.39, 0.29) is 6.71 Å². The van der Waals surface area contributed by atoms with Crippen LogP contribution >= 0.6 is 0 Å². The zero-order valence-electron chi connectivity index (χ0n) is 51.8. The summed E-state index contributed by atoms with van der Waals surface area (Å²) in [6, 6.07) is 119. The van der Waals surface area contributed by atoms with Crippen LogP contribution in [-0.4, -0.2) is 36.6 Å². The van der Waals surface area contributed by atoms with Crippen molar-refractivity contribution in [2.24, 2.45) is 0 Å². The molecule has 0 aliphatic carbocycles. The van der Waals surface area contributed by atoms with Crippen molar-refractivity contribution in [2.75, 3.05) is 9.80 Å². The van der Waals surface area contributed by atoms with Gasteiger partial charge in [-0.2, -0.15) is 0 Å². The predicted octanol–water partition coefficient (Wildman–Crippen LogP) is 18.7. The van der Waals surface area contributed by atoms with Gasteiger partial charge in [-0.25, -0.2) is 29.9 Å². The number of rotatable bonds is 14. The Labute approximate surface area is 553 Å². The maximum Gasteiger partial charge on any atom is 0.252 e. The first-order valence-corrected chi connectivity index (χ1v) is 32.3. The third kappa shape index (κ3) is 10.9. The van der Waals surface area contributed by atoms with E-state index >= 15 is 0 Å². The van der Waals surface area contributed by atoms with Crippen LogP contribution in [0.5, 0.6) is 0 Å². The first-order valence-electron chi connectivity index (χ1n) is 32.3. The van der Waals surface area contributed by atoms with Crippen molar-refractivity contribution < 1.29 is 0 Å². The standard InChI is InChI=1S/C86H59BN8/c1-9-26-58(27-10-1)52-68-54-74-78(56-72(68)60-30-13-3-14-31-60)94(70-48-44-66(45-49-70)85-90-81(62-34-17-5-18-35-62)88-82(91-85)63-36-19-6-20-37-63)76-42-25-43-77-80(76)87(74)75-55-69(53-59-28-11-2-12-29-59)73(61-32-15-4-16-33-61)57-79(75)95(77)71-50-46-67(47-51-71)86-92-83(64-38-21-7-22-39-64)89-84(93-86)65-40-23-8-24-41-65/h1-51,54-57H,52-53H2. The SMILES string of the molecule is c1ccc(Cc2cc3c(cc2-c2ccccc2)N(c2ccc(-c4nc(-c5ccccc5)nc(-c5ccccc5)n4)cc2)c2cccc4c2B3c2cc(Cc3ccccc3)c(-c3ccccc3)cc2N4c2ccc(-c3nc(-c4ccccc4)nc(-c4ccccc4)n3)cc2)cc1. The smallest absolute Gasteiger partial charge is 0.252 e. The number of fused-ring (bicyclic) bond motifs is 4. The molecule has 0 N–H and O–H groups in total. The van der Waals surface area contributed by atoms with Gasteiger partial charge >= 0.3 is 0 Å². The van der Waals surface area contributed by atoms with Crippen molar-refractivity contribution in [3.05, 3.63) is 356 Å². The molecular formula is C86H59BN8. The van der Waals surface area contributed by atoms with Crippen molar-refractivity contribution >= 4 is 57.2 Å². The Morgan fingerprint density at radius 1 is 0.232 bits per heavy atom. The summed E-state index contributed by atoms with van der Waals surface area (Å²) in [5.74, 6) is 3.67. The van der Waals surface area contributed by atoms with Gasteiger partial charge < -0.3 is 9.80 Å². The van der Waals surface area contributed by atoms with Gasteiger partial charge in [-0.3, -0.25) is 0 Å². The first-order chi connectivity index (χ1) is 47.1. The molecule has 0 fully saturated rings. The van der Waals surface area contributed by atoms with Crippen molar-refractivity contribution in [3.8, 4) is 90.6 Å². The minimum Gasteiger partial charge on any atom is -0.311 e. The van der Waals surface area contributed by atoms with Gasteiger partial charge in [-0.1, -0.05) is 261 Å². The Bertz CT molecular complexity index is 4820. The maximum atomic E-state index is 5.16. The van der Waals surface area contributed by atoms with E-state index in [1.807, 2.05) is 72.8 Å². The number of hydrogen-bond acceptors (Lipinski definition) is 8. The fourth-order valence-electron chi connectivity index (χ4n) is 13.8. The molecule has 17 rings (SSSR count). The predicted molar refractivity (Wildman–Crippen MR) is 389 cm³/mol. The molecule has 0 saturated carbocycles. The highest BCUT2D eigenvalue weighted by atomic mass is 15.2. The Balaban J connectivity index is 0.889. The normalized spacial score (nSPS) is 12.0. The van der Waals surface area contributed by atoms with E-state index in [4.69, 9.17) is 29.9 Å². The number of hydrogen-bond donors (Lipinski definition) is 0. The van der Waals surface area contributed by atoms with Gasteiger partial charge in [0.15, 0.2) is 34.9 Å². The highest BCUT2D eigenvalue weighted by molar-refractivity contribution is 7.00. The summed E-state index contributed by atoms with van der Waals surface area (Å²) in [7, 11) is 0. The Morgan fingerprint density at radius 2 is 0.495 bits per heavy atom. The van der Waals surface area contributed by atoms with E-state index in [9.17, 15) is 0 Å². The Kier molecular flexibility index (Phi) is 14.7. The van der Waals surface area contributed by atoms with Crippen LogP contribution < -0.4 is 26.2 Å². The second kappa shape index (κ2) is 24.6. The summed E-state index contributed by atoms with van der Waals surface area (Å²) in [6.45, 7) is -0.188. The molecule has 0 amide bonds. The van der Waals surface area contributed by atoms with Crippen LogP contribution in [0.3, 0.4) is 0 Å². The fourth-order valence-corrected chi connectivity index (χ4v) is 13.8. The van der Waals surface area contributed by atoms with Gasteiger partial charge in [0.05, 0.1) is 0 Å². The third-order valence-corrected chi connectivity index (χ3v) is 18.2. The average molecular weight is 1220 g/mol. The minimum atomic E-state index is -0.188. The maximum absolute atomic E-state index is 5.16. The van der Waals surface area contributed by atoms with E-state index in [0.29, 0.717) is 34.9 Å². The van der Waals surface area contributed by atoms with Crippen molar-refractivity contribution in [1.82, 2.24) is 29.9 Å². The fraction of sp³-hybridized carbons (Fsp3) is 0.0233. The summed E-state index contributed by atoms with van der Waals surface area (Å²) >= 11 is 0. The highest BCUT2D eigenvalue weighted by Crippen LogP contribution is 2.47. The molecule has 13 aromatic carbocycles. The largest absolute Gasteiger partial charge is 0.311 e. The van der Waals surface area contributed by atoms with Gasteiger partial charge in [0, 0.05) is 67.5 Å². The summed E-state index contributed by atoms with van der Waals surface area (Å²) in [6.07, 6.45) is 1.49. The topological polar surface area (TPSA) is 83.8 Å². The molecule has 4 heterocycles. The Morgan fingerprint density at radius 3 is 0.789 bits per heavy atom. The summed E-state index contributed by atoms with van der Waals surface area (Å²) < 4.78 is 0. The van der Waals surface area contributed by atoms with Crippen molar-refractivity contribution in [3.63, 3.8) is 0 Å². The third-order valence-electron chi connectivity index (χ3n) is 18.2. The lowest BCUT2D eigenvalue weighted by Crippen LogP contribution is -2.61. The van der Waals surface area contributed by atoms with Crippen LogP contribution in [0.15, 0.2) is 334 Å². The number of aromatic nitrogens is 6. The first kappa shape index (κ1) is 56.5. The second-order valence-electron chi connectivity index (χ2n) is 24.2. The van der Waals surface area contributed by atoms with E-state index in [2.05, 4.69) is 271 Å². The molecule has 9 heteroatoms. The van der Waals surface area contributed by atoms with Crippen LogP contribution in [0.2, 0.25) is 0 Å². The molecule has 15 aromatic rings. The molecule has 2 aliphatic heterocycles. The van der Waals surface area contributed by atoms with E-state index in [1.165, 1.54) is 49.8 Å². The quantitative estimate of drug-likeness (QED) is 0.0996. The zero-order valence-corrected chi connectivity index (χ0v) is 51.8. The number of benzene rings is 13. The van der Waals surface area contributed by atoms with Crippen LogP contribution in [0, 0.1) is 0 Å². The van der Waals surface area contributed by atoms with E-state index in [1.54, 1.807) is 0 Å². The van der Waals surface area contributed by atoms with E-state index in [0.717, 1.165) is 91.5 Å². The molecule has 95 heavy (non-hydrogen) atoms. The molecule has 0 atom stereocenters. The van der Waals surface area contributed by atoms with Crippen molar-refractivity contribution in [2.45, 2.75) is 12.8 Å². The van der Waals surface area contributed by atoms with Crippen LogP contribution in [-0.2, 0) is 12.8 Å². The molecule has 0 bridgehead atoms. The lowest BCUT2D eigenvalue weighted by molar-refractivity contribution is 1.07. The number of nitrogens with zero attached hydrogens (tertiary/aromatic N) is 8. The molecule has 2 aliphatic rings. The average Bonchev–Trinajstić information content (AvgIpc) is 0.698. The summed E-state index contributed by atoms with van der Waals surface area (Å²) in [4.78, 5) is 35.7. The lowest BCUT2D eigenvalue weighted by atomic mass is 9.33. The Hall–Kier alpha value is -12.5. The molecular weight excluding hydrogens is 1160 g/mol. The van der Waals surface area contributed by atoms with Gasteiger partial charge in [0.1, 0.15) is 0 Å².